The number of hydrogen-bond donors (Lipinski definition) is 2. The van der Waals surface area contributed by atoms with E-state index in [0.29, 0.717) is 11.2 Å². The summed E-state index contributed by atoms with van der Waals surface area (Å²) in [6.07, 6.45) is 5.01. The van der Waals surface area contributed by atoms with Crippen LogP contribution in [0.5, 0.6) is 0 Å². The Morgan fingerprint density at radius 1 is 1.13 bits per heavy atom. The fourth-order valence-electron chi connectivity index (χ4n) is 3.28. The number of hydrogen-bond acceptors (Lipinski definition) is 5. The van der Waals surface area contributed by atoms with Crippen LogP contribution in [0.25, 0.3) is 5.65 Å². The fraction of sp³-hybridized carbons (Fsp3) is 0.217. The van der Waals surface area contributed by atoms with Gasteiger partial charge in [0.05, 0.1) is 17.4 Å². The van der Waals surface area contributed by atoms with E-state index < -0.39 is 0 Å². The maximum atomic E-state index is 12.3. The second kappa shape index (κ2) is 7.94. The summed E-state index contributed by atoms with van der Waals surface area (Å²) < 4.78 is 1.69. The van der Waals surface area contributed by atoms with Gasteiger partial charge in [0.15, 0.2) is 5.65 Å². The minimum absolute atomic E-state index is 0.0324. The van der Waals surface area contributed by atoms with E-state index in [1.165, 1.54) is 11.8 Å². The molecule has 4 aromatic rings. The predicted molar refractivity (Wildman–Crippen MR) is 118 cm³/mol. The summed E-state index contributed by atoms with van der Waals surface area (Å²) in [5.74, 6) is -0.0339. The number of aryl methyl sites for hydroxylation is 1. The van der Waals surface area contributed by atoms with Crippen LogP contribution in [0.2, 0.25) is 0 Å². The van der Waals surface area contributed by atoms with Crippen molar-refractivity contribution >= 4 is 23.2 Å². The molecule has 152 valence electrons. The average molecular weight is 400 g/mol. The summed E-state index contributed by atoms with van der Waals surface area (Å²) in [6, 6.07) is 15.9. The topological polar surface area (TPSA) is 84.2 Å². The lowest BCUT2D eigenvalue weighted by Gasteiger charge is -2.26. The molecule has 0 saturated heterocycles. The third-order valence-corrected chi connectivity index (χ3v) is 5.06. The Balaban J connectivity index is 1.51. The standard InChI is InChI=1S/C23H24N6O/c1-16-12-19(25-15-23(2,3)18-9-5-4-6-10-18)14-29-20(16)26-22(28-29)27-21(30)17-8-7-11-24-13-17/h4-14,25H,15H2,1-3H3,(H,27,28,30). The van der Waals surface area contributed by atoms with E-state index in [1.807, 2.05) is 25.3 Å². The van der Waals surface area contributed by atoms with Gasteiger partial charge in [-0.25, -0.2) is 4.52 Å². The van der Waals surface area contributed by atoms with Crippen LogP contribution < -0.4 is 10.6 Å². The van der Waals surface area contributed by atoms with Crippen LogP contribution in [0.4, 0.5) is 11.6 Å². The summed E-state index contributed by atoms with van der Waals surface area (Å²) in [6.45, 7) is 7.16. The zero-order valence-corrected chi connectivity index (χ0v) is 17.3. The van der Waals surface area contributed by atoms with Crippen molar-refractivity contribution in [2.24, 2.45) is 0 Å². The molecule has 0 aliphatic carbocycles. The summed E-state index contributed by atoms with van der Waals surface area (Å²) in [4.78, 5) is 20.7. The molecular weight excluding hydrogens is 376 g/mol. The molecule has 2 N–H and O–H groups in total. The maximum Gasteiger partial charge on any atom is 0.259 e. The van der Waals surface area contributed by atoms with E-state index in [0.717, 1.165) is 17.8 Å². The van der Waals surface area contributed by atoms with E-state index >= 15 is 0 Å². The first-order valence-electron chi connectivity index (χ1n) is 9.80. The Kier molecular flexibility index (Phi) is 5.18. The number of carbonyl (C=O) groups is 1. The Morgan fingerprint density at radius 2 is 1.93 bits per heavy atom. The Hall–Kier alpha value is -3.74. The van der Waals surface area contributed by atoms with Crippen molar-refractivity contribution in [3.8, 4) is 0 Å². The molecule has 0 spiro atoms. The third kappa shape index (κ3) is 4.15. The monoisotopic (exact) mass is 400 g/mol. The van der Waals surface area contributed by atoms with Crippen molar-refractivity contribution < 1.29 is 4.79 Å². The average Bonchev–Trinajstić information content (AvgIpc) is 3.16. The molecule has 1 aromatic carbocycles. The van der Waals surface area contributed by atoms with Gasteiger partial charge in [0.2, 0.25) is 5.95 Å². The van der Waals surface area contributed by atoms with Gasteiger partial charge in [-0.05, 0) is 36.2 Å². The molecule has 7 heteroatoms. The van der Waals surface area contributed by atoms with Gasteiger partial charge in [-0.2, -0.15) is 4.98 Å². The van der Waals surface area contributed by atoms with Crippen LogP contribution in [-0.4, -0.2) is 32.0 Å². The molecule has 4 rings (SSSR count). The normalized spacial score (nSPS) is 11.4. The van der Waals surface area contributed by atoms with Gasteiger partial charge in [0, 0.05) is 24.4 Å². The van der Waals surface area contributed by atoms with Gasteiger partial charge in [0.25, 0.3) is 5.91 Å². The first-order valence-corrected chi connectivity index (χ1v) is 9.80. The largest absolute Gasteiger partial charge is 0.383 e. The molecule has 7 nitrogen and oxygen atoms in total. The number of fused-ring (bicyclic) bond motifs is 1. The first-order chi connectivity index (χ1) is 14.4. The molecule has 0 unspecified atom stereocenters. The van der Waals surface area contributed by atoms with Crippen LogP contribution >= 0.6 is 0 Å². The number of aromatic nitrogens is 4. The smallest absolute Gasteiger partial charge is 0.259 e. The number of nitrogens with one attached hydrogen (secondary N) is 2. The second-order valence-electron chi connectivity index (χ2n) is 7.91. The van der Waals surface area contributed by atoms with Gasteiger partial charge < -0.3 is 5.32 Å². The molecule has 3 heterocycles. The number of amides is 1. The Labute approximate surface area is 175 Å². The zero-order chi connectivity index (χ0) is 21.1. The predicted octanol–water partition coefficient (Wildman–Crippen LogP) is 4.07. The molecule has 0 aliphatic rings. The summed E-state index contributed by atoms with van der Waals surface area (Å²) >= 11 is 0. The van der Waals surface area contributed by atoms with E-state index in [-0.39, 0.29) is 17.3 Å². The minimum atomic E-state index is -0.292. The van der Waals surface area contributed by atoms with Gasteiger partial charge in [-0.3, -0.25) is 15.1 Å². The van der Waals surface area contributed by atoms with Gasteiger partial charge >= 0.3 is 0 Å². The summed E-state index contributed by atoms with van der Waals surface area (Å²) in [7, 11) is 0. The number of carbonyl (C=O) groups excluding carboxylic acids is 1. The lowest BCUT2D eigenvalue weighted by Crippen LogP contribution is -2.27. The Morgan fingerprint density at radius 3 is 2.67 bits per heavy atom. The molecule has 0 atom stereocenters. The van der Waals surface area contributed by atoms with Crippen molar-refractivity contribution in [2.45, 2.75) is 26.2 Å². The van der Waals surface area contributed by atoms with Crippen LogP contribution in [0, 0.1) is 6.92 Å². The lowest BCUT2D eigenvalue weighted by molar-refractivity contribution is 0.102. The summed E-state index contributed by atoms with van der Waals surface area (Å²) in [5, 5.41) is 10.7. The second-order valence-corrected chi connectivity index (χ2v) is 7.91. The van der Waals surface area contributed by atoms with Crippen LogP contribution in [0.3, 0.4) is 0 Å². The fourth-order valence-corrected chi connectivity index (χ4v) is 3.28. The molecule has 0 radical (unpaired) electrons. The number of pyridine rings is 2. The van der Waals surface area contributed by atoms with Crippen LogP contribution in [-0.2, 0) is 5.41 Å². The van der Waals surface area contributed by atoms with E-state index in [9.17, 15) is 4.79 Å². The molecular formula is C23H24N6O. The minimum Gasteiger partial charge on any atom is -0.383 e. The highest BCUT2D eigenvalue weighted by Crippen LogP contribution is 2.24. The molecule has 0 saturated carbocycles. The van der Waals surface area contributed by atoms with Crippen LogP contribution in [0.15, 0.2) is 67.1 Å². The van der Waals surface area contributed by atoms with Crippen molar-refractivity contribution in [3.05, 3.63) is 83.8 Å². The third-order valence-electron chi connectivity index (χ3n) is 5.06. The zero-order valence-electron chi connectivity index (χ0n) is 17.3. The number of anilines is 2. The van der Waals surface area contributed by atoms with Crippen LogP contribution in [0.1, 0.15) is 35.3 Å². The number of rotatable bonds is 6. The first kappa shape index (κ1) is 19.6. The number of nitrogens with zero attached hydrogens (tertiary/aromatic N) is 4. The quantitative estimate of drug-likeness (QED) is 0.510. The highest BCUT2D eigenvalue weighted by Gasteiger charge is 2.20. The van der Waals surface area contributed by atoms with Crippen molar-refractivity contribution in [2.75, 3.05) is 17.2 Å². The van der Waals surface area contributed by atoms with E-state index in [1.54, 1.807) is 22.8 Å². The van der Waals surface area contributed by atoms with E-state index in [2.05, 4.69) is 63.8 Å². The molecule has 3 aromatic heterocycles. The van der Waals surface area contributed by atoms with Crippen molar-refractivity contribution in [1.29, 1.82) is 0 Å². The maximum absolute atomic E-state index is 12.3. The molecule has 1 amide bonds. The molecule has 30 heavy (non-hydrogen) atoms. The Bertz CT molecular complexity index is 1170. The van der Waals surface area contributed by atoms with Gasteiger partial charge in [-0.15, -0.1) is 5.10 Å². The highest BCUT2D eigenvalue weighted by molar-refractivity contribution is 6.03. The van der Waals surface area contributed by atoms with Crippen molar-refractivity contribution in [1.82, 2.24) is 19.6 Å². The molecule has 0 aliphatic heterocycles. The SMILES string of the molecule is Cc1cc(NCC(C)(C)c2ccccc2)cn2nc(NC(=O)c3cccnc3)nc12. The number of benzene rings is 1. The summed E-state index contributed by atoms with van der Waals surface area (Å²) in [5.41, 5.74) is 4.31. The van der Waals surface area contributed by atoms with Gasteiger partial charge in [-0.1, -0.05) is 44.2 Å². The van der Waals surface area contributed by atoms with Crippen molar-refractivity contribution in [3.63, 3.8) is 0 Å². The molecule has 0 bridgehead atoms. The van der Waals surface area contributed by atoms with E-state index in [4.69, 9.17) is 0 Å². The van der Waals surface area contributed by atoms with Gasteiger partial charge in [0.1, 0.15) is 0 Å². The lowest BCUT2D eigenvalue weighted by atomic mass is 9.84. The highest BCUT2D eigenvalue weighted by atomic mass is 16.1. The molecule has 0 fully saturated rings.